The first-order chi connectivity index (χ1) is 11.7. The lowest BCUT2D eigenvalue weighted by Gasteiger charge is -2.30. The smallest absolute Gasteiger partial charge is 0.189 e. The van der Waals surface area contributed by atoms with Crippen LogP contribution in [0.1, 0.15) is 70.6 Å². The van der Waals surface area contributed by atoms with Gasteiger partial charge in [0, 0.05) is 5.02 Å². The second-order valence-corrected chi connectivity index (χ2v) is 7.94. The maximum absolute atomic E-state index is 6.01. The lowest BCUT2D eigenvalue weighted by atomic mass is 9.93. The van der Waals surface area contributed by atoms with Crippen LogP contribution in [0, 0.1) is 0 Å². The topological polar surface area (TPSA) is 27.3 Å². The lowest BCUT2D eigenvalue weighted by Crippen LogP contribution is -2.51. The van der Waals surface area contributed by atoms with E-state index in [9.17, 15) is 0 Å². The third kappa shape index (κ3) is 4.62. The number of rotatable bonds is 1. The fraction of sp³-hybridized carbons (Fsp3) is 0.632. The monoisotopic (exact) mass is 365 g/mol. The van der Waals surface area contributed by atoms with Crippen molar-refractivity contribution in [2.24, 2.45) is 0 Å². The van der Waals surface area contributed by atoms with E-state index in [-0.39, 0.29) is 5.66 Å². The first kappa shape index (κ1) is 18.0. The third-order valence-corrected chi connectivity index (χ3v) is 5.70. The van der Waals surface area contributed by atoms with Crippen molar-refractivity contribution in [1.29, 1.82) is 0 Å². The lowest BCUT2D eigenvalue weighted by molar-refractivity contribution is 0.268. The largest absolute Gasteiger partial charge is 0.342 e. The molecule has 3 nitrogen and oxygen atoms in total. The first-order valence-corrected chi connectivity index (χ1v) is 10.1. The molecule has 0 unspecified atom stereocenters. The molecule has 5 heteroatoms. The first-order valence-electron chi connectivity index (χ1n) is 9.34. The molecule has 1 heterocycles. The second-order valence-electron chi connectivity index (χ2n) is 7.12. The Morgan fingerprint density at radius 1 is 0.833 bits per heavy atom. The van der Waals surface area contributed by atoms with Crippen LogP contribution in [0.25, 0.3) is 0 Å². The van der Waals surface area contributed by atoms with E-state index in [0.29, 0.717) is 0 Å². The number of halogens is 1. The number of thiocarbonyl (C=S) groups is 1. The summed E-state index contributed by atoms with van der Waals surface area (Å²) in [6.45, 7) is 0. The summed E-state index contributed by atoms with van der Waals surface area (Å²) in [5, 5.41) is 7.12. The zero-order valence-electron chi connectivity index (χ0n) is 14.3. The van der Waals surface area contributed by atoms with Crippen molar-refractivity contribution in [2.45, 2.75) is 76.3 Å². The molecule has 0 atom stereocenters. The van der Waals surface area contributed by atoms with Crippen LogP contribution in [0.2, 0.25) is 5.02 Å². The summed E-state index contributed by atoms with van der Waals surface area (Å²) in [7, 11) is 0. The Balaban J connectivity index is 1.69. The molecular formula is C19H28ClN3S. The standard InChI is InChI=1S/C19H28ClN3S/c20-16-10-12-17(13-11-16)23-18(24)21-19(22-23)14-8-6-4-2-1-3-5-7-9-15-19/h10-13,22H,1-9,14-15H2,(H,21,24). The molecule has 0 radical (unpaired) electrons. The van der Waals surface area contributed by atoms with Crippen molar-refractivity contribution >= 4 is 34.6 Å². The maximum atomic E-state index is 6.01. The van der Waals surface area contributed by atoms with Gasteiger partial charge in [0.2, 0.25) is 0 Å². The van der Waals surface area contributed by atoms with E-state index in [1.807, 2.05) is 29.3 Å². The molecule has 1 aliphatic carbocycles. The van der Waals surface area contributed by atoms with Crippen molar-refractivity contribution in [3.63, 3.8) is 0 Å². The summed E-state index contributed by atoms with van der Waals surface area (Å²) in [5.41, 5.74) is 4.64. The summed E-state index contributed by atoms with van der Waals surface area (Å²) in [5.74, 6) is 0. The Labute approximate surface area is 156 Å². The summed E-state index contributed by atoms with van der Waals surface area (Å²) in [4.78, 5) is 0. The van der Waals surface area contributed by atoms with E-state index >= 15 is 0 Å². The van der Waals surface area contributed by atoms with Gasteiger partial charge in [-0.3, -0.25) is 5.01 Å². The zero-order valence-corrected chi connectivity index (χ0v) is 15.9. The van der Waals surface area contributed by atoms with E-state index in [2.05, 4.69) is 10.7 Å². The number of hydrazine groups is 1. The molecule has 1 saturated carbocycles. The summed E-state index contributed by atoms with van der Waals surface area (Å²) in [6.07, 6.45) is 14.3. The SMILES string of the molecule is S=C1NC2(CCCCCCCCCCC2)NN1c1ccc(Cl)cc1. The molecule has 3 rings (SSSR count). The van der Waals surface area contributed by atoms with Crippen molar-refractivity contribution in [2.75, 3.05) is 5.01 Å². The second kappa shape index (κ2) is 8.50. The molecule has 1 aromatic rings. The zero-order chi connectivity index (χ0) is 16.8. The highest BCUT2D eigenvalue weighted by molar-refractivity contribution is 7.80. The van der Waals surface area contributed by atoms with E-state index in [1.54, 1.807) is 0 Å². The van der Waals surface area contributed by atoms with Crippen LogP contribution in [0.4, 0.5) is 5.69 Å². The fourth-order valence-corrected chi connectivity index (χ4v) is 4.25. The van der Waals surface area contributed by atoms with Gasteiger partial charge in [-0.1, -0.05) is 56.5 Å². The molecule has 0 amide bonds. The fourth-order valence-electron chi connectivity index (χ4n) is 3.78. The highest BCUT2D eigenvalue weighted by Crippen LogP contribution is 2.29. The highest BCUT2D eigenvalue weighted by atomic mass is 35.5. The quantitative estimate of drug-likeness (QED) is 0.639. The van der Waals surface area contributed by atoms with Gasteiger partial charge in [-0.2, -0.15) is 0 Å². The van der Waals surface area contributed by atoms with Gasteiger partial charge in [-0.15, -0.1) is 0 Å². The molecule has 0 aromatic heterocycles. The van der Waals surface area contributed by atoms with E-state index in [4.69, 9.17) is 23.8 Å². The number of anilines is 1. The summed E-state index contributed by atoms with van der Waals surface area (Å²) < 4.78 is 0. The molecule has 24 heavy (non-hydrogen) atoms. The minimum Gasteiger partial charge on any atom is -0.342 e. The van der Waals surface area contributed by atoms with E-state index < -0.39 is 0 Å². The Morgan fingerprint density at radius 2 is 1.33 bits per heavy atom. The molecule has 1 aromatic carbocycles. The van der Waals surface area contributed by atoms with Gasteiger partial charge in [-0.05, 0) is 62.2 Å². The molecule has 132 valence electrons. The Bertz CT molecular complexity index is 534. The number of hydrogen-bond acceptors (Lipinski definition) is 2. The average molecular weight is 366 g/mol. The molecular weight excluding hydrogens is 338 g/mol. The van der Waals surface area contributed by atoms with Gasteiger partial charge in [-0.25, -0.2) is 5.43 Å². The van der Waals surface area contributed by atoms with Crippen LogP contribution in [-0.4, -0.2) is 10.8 Å². The number of nitrogens with one attached hydrogen (secondary N) is 2. The van der Waals surface area contributed by atoms with Crippen LogP contribution in [0.5, 0.6) is 0 Å². The van der Waals surface area contributed by atoms with Gasteiger partial charge >= 0.3 is 0 Å². The molecule has 2 fully saturated rings. The molecule has 1 saturated heterocycles. The van der Waals surface area contributed by atoms with Gasteiger partial charge < -0.3 is 5.32 Å². The molecule has 1 spiro atoms. The van der Waals surface area contributed by atoms with Gasteiger partial charge in [0.15, 0.2) is 5.11 Å². The highest BCUT2D eigenvalue weighted by Gasteiger charge is 2.39. The summed E-state index contributed by atoms with van der Waals surface area (Å²) in [6, 6.07) is 7.84. The maximum Gasteiger partial charge on any atom is 0.189 e. The van der Waals surface area contributed by atoms with Crippen LogP contribution in [-0.2, 0) is 0 Å². The van der Waals surface area contributed by atoms with Crippen molar-refractivity contribution in [1.82, 2.24) is 10.7 Å². The minimum absolute atomic E-state index is 0.0874. The van der Waals surface area contributed by atoms with Gasteiger partial charge in [0.25, 0.3) is 0 Å². The van der Waals surface area contributed by atoms with Crippen molar-refractivity contribution in [3.8, 4) is 0 Å². The number of benzene rings is 1. The van der Waals surface area contributed by atoms with Crippen molar-refractivity contribution < 1.29 is 0 Å². The van der Waals surface area contributed by atoms with Crippen LogP contribution in [0.15, 0.2) is 24.3 Å². The third-order valence-electron chi connectivity index (χ3n) is 5.17. The molecule has 1 aliphatic heterocycles. The van der Waals surface area contributed by atoms with Crippen LogP contribution < -0.4 is 15.8 Å². The number of nitrogens with zero attached hydrogens (tertiary/aromatic N) is 1. The molecule has 2 aliphatic rings. The average Bonchev–Trinajstić information content (AvgIpc) is 2.89. The Hall–Kier alpha value is -0.840. The predicted molar refractivity (Wildman–Crippen MR) is 106 cm³/mol. The van der Waals surface area contributed by atoms with Crippen LogP contribution >= 0.6 is 23.8 Å². The normalized spacial score (nSPS) is 22.7. The Morgan fingerprint density at radius 3 is 1.88 bits per heavy atom. The Kier molecular flexibility index (Phi) is 6.37. The van der Waals surface area contributed by atoms with Crippen molar-refractivity contribution in [3.05, 3.63) is 29.3 Å². The number of hydrogen-bond donors (Lipinski definition) is 2. The van der Waals surface area contributed by atoms with E-state index in [0.717, 1.165) is 28.7 Å². The van der Waals surface area contributed by atoms with Gasteiger partial charge in [0.05, 0.1) is 5.69 Å². The summed E-state index contributed by atoms with van der Waals surface area (Å²) >= 11 is 11.6. The van der Waals surface area contributed by atoms with Gasteiger partial charge in [0.1, 0.15) is 5.66 Å². The molecule has 0 bridgehead atoms. The van der Waals surface area contributed by atoms with Crippen LogP contribution in [0.3, 0.4) is 0 Å². The van der Waals surface area contributed by atoms with E-state index in [1.165, 1.54) is 57.8 Å². The predicted octanol–water partition coefficient (Wildman–Crippen LogP) is 5.54. The minimum atomic E-state index is -0.0874. The molecule has 2 N–H and O–H groups in total.